The highest BCUT2D eigenvalue weighted by atomic mass is 32.2. The molecule has 1 aromatic rings. The largest absolute Gasteiger partial charge is 0.481 e. The summed E-state index contributed by atoms with van der Waals surface area (Å²) in [4.78, 5) is 25.2. The van der Waals surface area contributed by atoms with Gasteiger partial charge in [-0.15, -0.1) is 0 Å². The molecule has 1 aliphatic heterocycles. The van der Waals surface area contributed by atoms with Gasteiger partial charge in [0.1, 0.15) is 0 Å². The zero-order valence-electron chi connectivity index (χ0n) is 12.6. The maximum atomic E-state index is 12.6. The quantitative estimate of drug-likeness (QED) is 0.919. The number of nitrogens with zero attached hydrogens (tertiary/aromatic N) is 3. The summed E-state index contributed by atoms with van der Waals surface area (Å²) < 4.78 is 1.76. The van der Waals surface area contributed by atoms with E-state index >= 15 is 0 Å². The van der Waals surface area contributed by atoms with E-state index in [1.165, 1.54) is 0 Å². The predicted molar refractivity (Wildman–Crippen MR) is 81.6 cm³/mol. The molecule has 0 spiro atoms. The molecule has 1 aliphatic rings. The van der Waals surface area contributed by atoms with Gasteiger partial charge in [-0.2, -0.15) is 16.9 Å². The fraction of sp³-hybridized carbons (Fsp3) is 0.643. The number of rotatable bonds is 3. The molecule has 0 aliphatic carbocycles. The molecule has 1 amide bonds. The van der Waals surface area contributed by atoms with E-state index in [0.717, 1.165) is 5.75 Å². The first-order valence-corrected chi connectivity index (χ1v) is 8.10. The van der Waals surface area contributed by atoms with Crippen molar-refractivity contribution in [2.45, 2.75) is 38.8 Å². The van der Waals surface area contributed by atoms with Crippen LogP contribution in [0.25, 0.3) is 0 Å². The van der Waals surface area contributed by atoms with Crippen LogP contribution in [0.1, 0.15) is 37.6 Å². The Hall–Kier alpha value is -1.50. The van der Waals surface area contributed by atoms with Crippen molar-refractivity contribution in [3.63, 3.8) is 0 Å². The average Bonchev–Trinajstić information content (AvgIpc) is 2.87. The lowest BCUT2D eigenvalue weighted by Crippen LogP contribution is -2.47. The number of hydrogen-bond acceptors (Lipinski definition) is 4. The van der Waals surface area contributed by atoms with Crippen LogP contribution in [0.3, 0.4) is 0 Å². The number of aromatic nitrogens is 2. The summed E-state index contributed by atoms with van der Waals surface area (Å²) in [5.41, 5.74) is 0.337. The van der Waals surface area contributed by atoms with E-state index in [-0.39, 0.29) is 23.9 Å². The summed E-state index contributed by atoms with van der Waals surface area (Å²) in [6, 6.07) is -0.244. The van der Waals surface area contributed by atoms with Gasteiger partial charge in [0, 0.05) is 24.2 Å². The lowest BCUT2D eigenvalue weighted by Gasteiger charge is -2.34. The molecule has 2 heterocycles. The van der Waals surface area contributed by atoms with Gasteiger partial charge in [0.2, 0.25) is 0 Å². The first kappa shape index (κ1) is 15.9. The summed E-state index contributed by atoms with van der Waals surface area (Å²) in [5.74, 6) is 0.517. The second-order valence-corrected chi connectivity index (χ2v) is 7.32. The molecule has 7 heteroatoms. The molecule has 1 fully saturated rings. The zero-order chi connectivity index (χ0) is 15.6. The number of hydrogen-bond donors (Lipinski definition) is 1. The van der Waals surface area contributed by atoms with Gasteiger partial charge in [0.05, 0.1) is 29.8 Å². The zero-order valence-corrected chi connectivity index (χ0v) is 13.4. The summed E-state index contributed by atoms with van der Waals surface area (Å²) in [6.07, 6.45) is 3.29. The number of carbonyl (C=O) groups excluding carboxylic acids is 1. The molecule has 0 radical (unpaired) electrons. The second-order valence-electron chi connectivity index (χ2n) is 6.17. The lowest BCUT2D eigenvalue weighted by atomic mass is 10.1. The summed E-state index contributed by atoms with van der Waals surface area (Å²) in [5, 5.41) is 13.2. The minimum absolute atomic E-state index is 0.00779. The summed E-state index contributed by atoms with van der Waals surface area (Å²) in [7, 11) is 0. The maximum Gasteiger partial charge on any atom is 0.305 e. The maximum absolute atomic E-state index is 12.6. The van der Waals surface area contributed by atoms with Gasteiger partial charge < -0.3 is 10.0 Å². The molecule has 1 atom stereocenters. The molecule has 0 aromatic carbocycles. The number of thioether (sulfide) groups is 1. The highest BCUT2D eigenvalue weighted by Gasteiger charge is 2.30. The standard InChI is InChI=1S/C14H21N3O3S/c1-14(2,3)17-8-10(7-15-17)13(20)16-4-5-21-9-11(16)6-12(18)19/h7-8,11H,4-6,9H2,1-3H3,(H,18,19). The molecule has 6 nitrogen and oxygen atoms in total. The average molecular weight is 311 g/mol. The van der Waals surface area contributed by atoms with Crippen molar-refractivity contribution in [1.29, 1.82) is 0 Å². The van der Waals surface area contributed by atoms with Crippen molar-refractivity contribution in [1.82, 2.24) is 14.7 Å². The number of carbonyl (C=O) groups is 2. The first-order chi connectivity index (χ1) is 9.79. The van der Waals surface area contributed by atoms with Gasteiger partial charge >= 0.3 is 5.97 Å². The van der Waals surface area contributed by atoms with E-state index in [2.05, 4.69) is 5.10 Å². The van der Waals surface area contributed by atoms with E-state index in [1.54, 1.807) is 33.7 Å². The molecule has 1 unspecified atom stereocenters. The molecule has 1 saturated heterocycles. The van der Waals surface area contributed by atoms with E-state index in [9.17, 15) is 9.59 Å². The fourth-order valence-electron chi connectivity index (χ4n) is 2.26. The van der Waals surface area contributed by atoms with Crippen LogP contribution >= 0.6 is 11.8 Å². The Morgan fingerprint density at radius 3 is 2.76 bits per heavy atom. The van der Waals surface area contributed by atoms with Crippen molar-refractivity contribution in [2.75, 3.05) is 18.1 Å². The second kappa shape index (κ2) is 6.09. The van der Waals surface area contributed by atoms with Gasteiger partial charge in [-0.25, -0.2) is 0 Å². The van der Waals surface area contributed by atoms with Gasteiger partial charge in [0.15, 0.2) is 0 Å². The molecule has 0 bridgehead atoms. The highest BCUT2D eigenvalue weighted by molar-refractivity contribution is 7.99. The fourth-order valence-corrected chi connectivity index (χ4v) is 3.32. The molecule has 1 aromatic heterocycles. The van der Waals surface area contributed by atoms with Crippen LogP contribution in [0.15, 0.2) is 12.4 Å². The van der Waals surface area contributed by atoms with Crippen molar-refractivity contribution in [3.05, 3.63) is 18.0 Å². The SMILES string of the molecule is CC(C)(C)n1cc(C(=O)N2CCSCC2CC(=O)O)cn1. The van der Waals surface area contributed by atoms with E-state index < -0.39 is 5.97 Å². The molecule has 21 heavy (non-hydrogen) atoms. The van der Waals surface area contributed by atoms with Crippen LogP contribution in [0.2, 0.25) is 0 Å². The van der Waals surface area contributed by atoms with Crippen LogP contribution in [-0.2, 0) is 10.3 Å². The third kappa shape index (κ3) is 3.78. The topological polar surface area (TPSA) is 75.4 Å². The normalized spacial score (nSPS) is 19.6. The van der Waals surface area contributed by atoms with Gasteiger partial charge in [-0.1, -0.05) is 0 Å². The van der Waals surface area contributed by atoms with Gasteiger partial charge in [0.25, 0.3) is 5.91 Å². The van der Waals surface area contributed by atoms with Crippen LogP contribution < -0.4 is 0 Å². The predicted octanol–water partition coefficient (Wildman–Crippen LogP) is 1.67. The molecule has 2 rings (SSSR count). The minimum atomic E-state index is -0.870. The van der Waals surface area contributed by atoms with E-state index in [0.29, 0.717) is 17.9 Å². The number of amides is 1. The van der Waals surface area contributed by atoms with E-state index in [1.807, 2.05) is 20.8 Å². The third-order valence-corrected chi connectivity index (χ3v) is 4.51. The smallest absolute Gasteiger partial charge is 0.305 e. The summed E-state index contributed by atoms with van der Waals surface area (Å²) in [6.45, 7) is 6.62. The Kier molecular flexibility index (Phi) is 4.61. The highest BCUT2D eigenvalue weighted by Crippen LogP contribution is 2.22. The van der Waals surface area contributed by atoms with Crippen LogP contribution in [0.5, 0.6) is 0 Å². The van der Waals surface area contributed by atoms with Crippen molar-refractivity contribution in [2.24, 2.45) is 0 Å². The monoisotopic (exact) mass is 311 g/mol. The molecule has 116 valence electrons. The Labute approximate surface area is 128 Å². The van der Waals surface area contributed by atoms with Crippen LogP contribution in [-0.4, -0.2) is 55.8 Å². The molecular weight excluding hydrogens is 290 g/mol. The van der Waals surface area contributed by atoms with Crippen molar-refractivity contribution >= 4 is 23.6 Å². The van der Waals surface area contributed by atoms with Gasteiger partial charge in [-0.05, 0) is 20.8 Å². The lowest BCUT2D eigenvalue weighted by molar-refractivity contribution is -0.138. The third-order valence-electron chi connectivity index (χ3n) is 3.42. The Balaban J connectivity index is 2.17. The van der Waals surface area contributed by atoms with Crippen molar-refractivity contribution in [3.8, 4) is 0 Å². The van der Waals surface area contributed by atoms with Crippen LogP contribution in [0.4, 0.5) is 0 Å². The van der Waals surface area contributed by atoms with Crippen molar-refractivity contribution < 1.29 is 14.7 Å². The van der Waals surface area contributed by atoms with Crippen LogP contribution in [0, 0.1) is 0 Å². The molecular formula is C14H21N3O3S. The molecule has 0 saturated carbocycles. The minimum Gasteiger partial charge on any atom is -0.481 e. The van der Waals surface area contributed by atoms with Gasteiger partial charge in [-0.3, -0.25) is 14.3 Å². The Bertz CT molecular complexity index is 536. The first-order valence-electron chi connectivity index (χ1n) is 6.94. The number of aliphatic carboxylic acids is 1. The Morgan fingerprint density at radius 2 is 2.19 bits per heavy atom. The Morgan fingerprint density at radius 1 is 1.48 bits per heavy atom. The number of carboxylic acids is 1. The summed E-state index contributed by atoms with van der Waals surface area (Å²) >= 11 is 1.69. The number of carboxylic acid groups (broad SMARTS) is 1. The molecule has 1 N–H and O–H groups in total. The van der Waals surface area contributed by atoms with E-state index in [4.69, 9.17) is 5.11 Å².